The van der Waals surface area contributed by atoms with E-state index in [1.807, 2.05) is 26.0 Å². The third-order valence-electron chi connectivity index (χ3n) is 3.21. The Morgan fingerprint density at radius 3 is 2.41 bits per heavy atom. The SMILES string of the molecule is CC1=CC(=O)C(C(=O)c2ccc(C)cc2)CC1. The number of carbonyl (C=O) groups is 2. The molecule has 0 bridgehead atoms. The standard InChI is InChI=1S/C15H16O2/c1-10-3-6-12(7-4-10)15(17)13-8-5-11(2)9-14(13)16/h3-4,6-7,9,13H,5,8H2,1-2H3. The van der Waals surface area contributed by atoms with Gasteiger partial charge in [0.15, 0.2) is 11.6 Å². The molecule has 0 saturated heterocycles. The molecule has 1 unspecified atom stereocenters. The summed E-state index contributed by atoms with van der Waals surface area (Å²) < 4.78 is 0. The van der Waals surface area contributed by atoms with Crippen LogP contribution in [0.2, 0.25) is 0 Å². The predicted molar refractivity (Wildman–Crippen MR) is 67.0 cm³/mol. The summed E-state index contributed by atoms with van der Waals surface area (Å²) in [7, 11) is 0. The summed E-state index contributed by atoms with van der Waals surface area (Å²) in [5.74, 6) is -0.556. The van der Waals surface area contributed by atoms with Crippen molar-refractivity contribution in [3.8, 4) is 0 Å². The minimum Gasteiger partial charge on any atom is -0.294 e. The molecule has 1 atom stereocenters. The van der Waals surface area contributed by atoms with E-state index >= 15 is 0 Å². The Kier molecular flexibility index (Phi) is 3.23. The summed E-state index contributed by atoms with van der Waals surface area (Å²) in [6, 6.07) is 7.41. The maximum absolute atomic E-state index is 12.2. The van der Waals surface area contributed by atoms with E-state index in [1.165, 1.54) is 0 Å². The van der Waals surface area contributed by atoms with Crippen molar-refractivity contribution >= 4 is 11.6 Å². The zero-order valence-corrected chi connectivity index (χ0v) is 10.2. The van der Waals surface area contributed by atoms with E-state index in [0.29, 0.717) is 12.0 Å². The van der Waals surface area contributed by atoms with Gasteiger partial charge in [-0.05, 0) is 32.8 Å². The molecule has 17 heavy (non-hydrogen) atoms. The van der Waals surface area contributed by atoms with Gasteiger partial charge < -0.3 is 0 Å². The third kappa shape index (κ3) is 2.52. The summed E-state index contributed by atoms with van der Waals surface area (Å²) >= 11 is 0. The highest BCUT2D eigenvalue weighted by Gasteiger charge is 2.28. The van der Waals surface area contributed by atoms with Crippen molar-refractivity contribution in [1.29, 1.82) is 0 Å². The van der Waals surface area contributed by atoms with Gasteiger partial charge in [0, 0.05) is 5.56 Å². The van der Waals surface area contributed by atoms with Crippen LogP contribution >= 0.6 is 0 Å². The highest BCUT2D eigenvalue weighted by molar-refractivity contribution is 6.14. The van der Waals surface area contributed by atoms with Gasteiger partial charge in [-0.25, -0.2) is 0 Å². The summed E-state index contributed by atoms with van der Waals surface area (Å²) in [4.78, 5) is 24.0. The van der Waals surface area contributed by atoms with Gasteiger partial charge in [0.05, 0.1) is 5.92 Å². The van der Waals surface area contributed by atoms with Crippen LogP contribution in [0.15, 0.2) is 35.9 Å². The first-order chi connectivity index (χ1) is 8.08. The van der Waals surface area contributed by atoms with Crippen LogP contribution in [0.1, 0.15) is 35.7 Å². The van der Waals surface area contributed by atoms with E-state index in [9.17, 15) is 9.59 Å². The van der Waals surface area contributed by atoms with Gasteiger partial charge in [0.25, 0.3) is 0 Å². The number of ketones is 2. The smallest absolute Gasteiger partial charge is 0.173 e. The van der Waals surface area contributed by atoms with Gasteiger partial charge in [-0.2, -0.15) is 0 Å². The van der Waals surface area contributed by atoms with Crippen molar-refractivity contribution < 1.29 is 9.59 Å². The molecule has 0 radical (unpaired) electrons. The molecule has 0 heterocycles. The Morgan fingerprint density at radius 1 is 1.18 bits per heavy atom. The Hall–Kier alpha value is -1.70. The summed E-state index contributed by atoms with van der Waals surface area (Å²) in [6.45, 7) is 3.91. The number of allylic oxidation sites excluding steroid dienone is 2. The molecular formula is C15H16O2. The first kappa shape index (κ1) is 11.8. The van der Waals surface area contributed by atoms with Gasteiger partial charge in [0.2, 0.25) is 0 Å². The molecule has 1 aliphatic rings. The molecular weight excluding hydrogens is 212 g/mol. The second-order valence-electron chi connectivity index (χ2n) is 4.71. The van der Waals surface area contributed by atoms with Gasteiger partial charge in [-0.15, -0.1) is 0 Å². The number of hydrogen-bond donors (Lipinski definition) is 0. The summed E-state index contributed by atoms with van der Waals surface area (Å²) in [5, 5.41) is 0. The number of Topliss-reactive ketones (excluding diaryl/α,β-unsaturated/α-hetero) is 1. The first-order valence-electron chi connectivity index (χ1n) is 5.90. The average Bonchev–Trinajstić information content (AvgIpc) is 2.29. The van der Waals surface area contributed by atoms with E-state index in [0.717, 1.165) is 17.6 Å². The van der Waals surface area contributed by atoms with Crippen molar-refractivity contribution in [2.45, 2.75) is 26.7 Å². The number of benzene rings is 1. The van der Waals surface area contributed by atoms with Crippen molar-refractivity contribution in [2.75, 3.05) is 0 Å². The van der Waals surface area contributed by atoms with Gasteiger partial charge in [0.1, 0.15) is 0 Å². The van der Waals surface area contributed by atoms with Crippen molar-refractivity contribution in [3.05, 3.63) is 47.0 Å². The first-order valence-corrected chi connectivity index (χ1v) is 5.90. The van der Waals surface area contributed by atoms with Crippen LogP contribution in [-0.4, -0.2) is 11.6 Å². The molecule has 1 aliphatic carbocycles. The topological polar surface area (TPSA) is 34.1 Å². The molecule has 2 rings (SSSR count). The highest BCUT2D eigenvalue weighted by Crippen LogP contribution is 2.24. The lowest BCUT2D eigenvalue weighted by molar-refractivity contribution is -0.117. The fourth-order valence-electron chi connectivity index (χ4n) is 2.11. The quantitative estimate of drug-likeness (QED) is 0.575. The number of carbonyl (C=O) groups excluding carboxylic acids is 2. The molecule has 0 fully saturated rings. The molecule has 1 aromatic carbocycles. The molecule has 2 nitrogen and oxygen atoms in total. The van der Waals surface area contributed by atoms with E-state index in [2.05, 4.69) is 0 Å². The molecule has 88 valence electrons. The van der Waals surface area contributed by atoms with Gasteiger partial charge in [-0.1, -0.05) is 35.4 Å². The normalized spacial score (nSPS) is 20.0. The van der Waals surface area contributed by atoms with Crippen LogP contribution in [0, 0.1) is 12.8 Å². The van der Waals surface area contributed by atoms with Crippen LogP contribution in [0.5, 0.6) is 0 Å². The second kappa shape index (κ2) is 4.66. The van der Waals surface area contributed by atoms with E-state index < -0.39 is 5.92 Å². The molecule has 2 heteroatoms. The fraction of sp³-hybridized carbons (Fsp3) is 0.333. The molecule has 0 amide bonds. The minimum atomic E-state index is -0.471. The third-order valence-corrected chi connectivity index (χ3v) is 3.21. The second-order valence-corrected chi connectivity index (χ2v) is 4.71. The summed E-state index contributed by atoms with van der Waals surface area (Å²) in [5.41, 5.74) is 2.83. The molecule has 0 aromatic heterocycles. The largest absolute Gasteiger partial charge is 0.294 e. The lowest BCUT2D eigenvalue weighted by Crippen LogP contribution is -2.25. The van der Waals surface area contributed by atoms with Gasteiger partial charge in [-0.3, -0.25) is 9.59 Å². The van der Waals surface area contributed by atoms with Crippen molar-refractivity contribution in [3.63, 3.8) is 0 Å². The minimum absolute atomic E-state index is 0.0423. The number of hydrogen-bond acceptors (Lipinski definition) is 2. The number of rotatable bonds is 2. The average molecular weight is 228 g/mol. The Morgan fingerprint density at radius 2 is 1.82 bits per heavy atom. The van der Waals surface area contributed by atoms with E-state index in [4.69, 9.17) is 0 Å². The fourth-order valence-corrected chi connectivity index (χ4v) is 2.11. The molecule has 0 saturated carbocycles. The Bertz CT molecular complexity index is 480. The molecule has 0 N–H and O–H groups in total. The lowest BCUT2D eigenvalue weighted by Gasteiger charge is -2.18. The van der Waals surface area contributed by atoms with Crippen molar-refractivity contribution in [1.82, 2.24) is 0 Å². The van der Waals surface area contributed by atoms with Crippen LogP contribution < -0.4 is 0 Å². The van der Waals surface area contributed by atoms with Crippen LogP contribution in [-0.2, 0) is 4.79 Å². The maximum atomic E-state index is 12.2. The Labute approximate surface area is 101 Å². The molecule has 0 spiro atoms. The van der Waals surface area contributed by atoms with Crippen molar-refractivity contribution in [2.24, 2.45) is 5.92 Å². The molecule has 0 aliphatic heterocycles. The van der Waals surface area contributed by atoms with Crippen LogP contribution in [0.3, 0.4) is 0 Å². The zero-order chi connectivity index (χ0) is 12.4. The Balaban J connectivity index is 2.21. The zero-order valence-electron chi connectivity index (χ0n) is 10.2. The highest BCUT2D eigenvalue weighted by atomic mass is 16.1. The monoisotopic (exact) mass is 228 g/mol. The van der Waals surface area contributed by atoms with Crippen LogP contribution in [0.4, 0.5) is 0 Å². The predicted octanol–water partition coefficient (Wildman–Crippen LogP) is 3.10. The number of aryl methyl sites for hydroxylation is 1. The van der Waals surface area contributed by atoms with E-state index in [-0.39, 0.29) is 11.6 Å². The van der Waals surface area contributed by atoms with Gasteiger partial charge >= 0.3 is 0 Å². The van der Waals surface area contributed by atoms with Crippen LogP contribution in [0.25, 0.3) is 0 Å². The molecule has 1 aromatic rings. The lowest BCUT2D eigenvalue weighted by atomic mass is 9.84. The maximum Gasteiger partial charge on any atom is 0.173 e. The summed E-state index contributed by atoms with van der Waals surface area (Å²) in [6.07, 6.45) is 3.10. The van der Waals surface area contributed by atoms with E-state index in [1.54, 1.807) is 18.2 Å².